The first kappa shape index (κ1) is 15.6. The van der Waals surface area contributed by atoms with Crippen LogP contribution in [0.4, 0.5) is 5.82 Å². The summed E-state index contributed by atoms with van der Waals surface area (Å²) < 4.78 is 5.72. The SMILES string of the molecule is CNc1nc2oc3ccc(C4CCCC4)nc3c(=O)c2cc1C(=O)O. The Kier molecular flexibility index (Phi) is 3.63. The molecule has 0 atom stereocenters. The Hall–Kier alpha value is -2.96. The molecule has 128 valence electrons. The molecule has 0 aliphatic heterocycles. The number of carboxylic acids is 1. The van der Waals surface area contributed by atoms with Gasteiger partial charge in [-0.05, 0) is 31.0 Å². The smallest absolute Gasteiger partial charge is 0.339 e. The molecular weight excluding hydrogens is 322 g/mol. The first-order valence-corrected chi connectivity index (χ1v) is 8.28. The Bertz CT molecular complexity index is 1050. The van der Waals surface area contributed by atoms with E-state index in [1.54, 1.807) is 13.1 Å². The molecule has 0 unspecified atom stereocenters. The van der Waals surface area contributed by atoms with E-state index in [4.69, 9.17) is 4.42 Å². The Morgan fingerprint density at radius 2 is 2.04 bits per heavy atom. The van der Waals surface area contributed by atoms with E-state index in [0.29, 0.717) is 11.5 Å². The second-order valence-electron chi connectivity index (χ2n) is 6.29. The van der Waals surface area contributed by atoms with Gasteiger partial charge in [0.2, 0.25) is 11.1 Å². The molecule has 7 heteroatoms. The number of fused-ring (bicyclic) bond motifs is 2. The highest BCUT2D eigenvalue weighted by Gasteiger charge is 2.21. The van der Waals surface area contributed by atoms with Gasteiger partial charge in [0.1, 0.15) is 11.4 Å². The second kappa shape index (κ2) is 5.84. The van der Waals surface area contributed by atoms with Crippen molar-refractivity contribution < 1.29 is 14.3 Å². The maximum atomic E-state index is 12.9. The Labute approximate surface area is 142 Å². The van der Waals surface area contributed by atoms with E-state index < -0.39 is 5.97 Å². The zero-order chi connectivity index (χ0) is 17.6. The van der Waals surface area contributed by atoms with Crippen molar-refractivity contribution in [2.75, 3.05) is 12.4 Å². The quantitative estimate of drug-likeness (QED) is 0.706. The fourth-order valence-corrected chi connectivity index (χ4v) is 3.48. The van der Waals surface area contributed by atoms with Crippen molar-refractivity contribution in [1.82, 2.24) is 9.97 Å². The summed E-state index contributed by atoms with van der Waals surface area (Å²) in [6.45, 7) is 0. The molecular formula is C18H17N3O4. The lowest BCUT2D eigenvalue weighted by Crippen LogP contribution is -2.11. The molecule has 7 nitrogen and oxygen atoms in total. The largest absolute Gasteiger partial charge is 0.478 e. The molecule has 3 heterocycles. The molecule has 4 rings (SSSR count). The first-order valence-electron chi connectivity index (χ1n) is 8.28. The number of carbonyl (C=O) groups is 1. The maximum absolute atomic E-state index is 12.9. The topological polar surface area (TPSA) is 105 Å². The van der Waals surface area contributed by atoms with Gasteiger partial charge in [-0.25, -0.2) is 9.78 Å². The Balaban J connectivity index is 1.98. The lowest BCUT2D eigenvalue weighted by atomic mass is 10.0. The average molecular weight is 339 g/mol. The number of anilines is 1. The fourth-order valence-electron chi connectivity index (χ4n) is 3.48. The highest BCUT2D eigenvalue weighted by atomic mass is 16.4. The van der Waals surface area contributed by atoms with Crippen molar-refractivity contribution in [3.63, 3.8) is 0 Å². The molecule has 3 aromatic heterocycles. The number of carboxylic acid groups (broad SMARTS) is 1. The molecule has 1 saturated carbocycles. The third-order valence-corrected chi connectivity index (χ3v) is 4.77. The standard InChI is InChI=1S/C18H17N3O4/c1-19-16-11(18(23)24)8-10-15(22)14-13(25-17(10)21-16)7-6-12(20-14)9-4-2-3-5-9/h6-9H,2-5H2,1H3,(H,19,21)(H,23,24). The third kappa shape index (κ3) is 2.52. The van der Waals surface area contributed by atoms with Gasteiger partial charge in [0.05, 0.1) is 5.39 Å². The van der Waals surface area contributed by atoms with Crippen LogP contribution in [0.15, 0.2) is 27.4 Å². The van der Waals surface area contributed by atoms with Crippen molar-refractivity contribution in [3.8, 4) is 0 Å². The predicted molar refractivity (Wildman–Crippen MR) is 93.3 cm³/mol. The molecule has 2 N–H and O–H groups in total. The summed E-state index contributed by atoms with van der Waals surface area (Å²) in [5.41, 5.74) is 1.16. The molecule has 0 aromatic carbocycles. The number of nitrogens with one attached hydrogen (secondary N) is 1. The summed E-state index contributed by atoms with van der Waals surface area (Å²) in [5, 5.41) is 12.2. The normalized spacial score (nSPS) is 15.1. The van der Waals surface area contributed by atoms with E-state index in [2.05, 4.69) is 15.3 Å². The van der Waals surface area contributed by atoms with Crippen LogP contribution in [-0.4, -0.2) is 28.1 Å². The molecule has 1 fully saturated rings. The van der Waals surface area contributed by atoms with E-state index in [1.807, 2.05) is 6.07 Å². The van der Waals surface area contributed by atoms with Gasteiger partial charge < -0.3 is 14.8 Å². The van der Waals surface area contributed by atoms with Gasteiger partial charge in [-0.2, -0.15) is 4.98 Å². The van der Waals surface area contributed by atoms with Gasteiger partial charge in [0.25, 0.3) is 0 Å². The molecule has 0 amide bonds. The minimum atomic E-state index is -1.16. The lowest BCUT2D eigenvalue weighted by molar-refractivity contribution is 0.0698. The van der Waals surface area contributed by atoms with Crippen molar-refractivity contribution in [2.24, 2.45) is 0 Å². The van der Waals surface area contributed by atoms with Crippen LogP contribution in [0.2, 0.25) is 0 Å². The predicted octanol–water partition coefficient (Wildman–Crippen LogP) is 3.13. The number of aromatic nitrogens is 2. The zero-order valence-corrected chi connectivity index (χ0v) is 13.7. The fraction of sp³-hybridized carbons (Fsp3) is 0.333. The van der Waals surface area contributed by atoms with Crippen molar-refractivity contribution in [2.45, 2.75) is 31.6 Å². The molecule has 1 aliphatic rings. The van der Waals surface area contributed by atoms with E-state index in [1.165, 1.54) is 18.9 Å². The van der Waals surface area contributed by atoms with E-state index in [9.17, 15) is 14.7 Å². The van der Waals surface area contributed by atoms with Crippen molar-refractivity contribution in [3.05, 3.63) is 39.7 Å². The van der Waals surface area contributed by atoms with Crippen LogP contribution in [0.1, 0.15) is 47.7 Å². The summed E-state index contributed by atoms with van der Waals surface area (Å²) in [6.07, 6.45) is 4.51. The van der Waals surface area contributed by atoms with Crippen LogP contribution in [0.5, 0.6) is 0 Å². The minimum Gasteiger partial charge on any atom is -0.478 e. The number of aromatic carboxylic acids is 1. The lowest BCUT2D eigenvalue weighted by Gasteiger charge is -2.10. The maximum Gasteiger partial charge on any atom is 0.339 e. The van der Waals surface area contributed by atoms with Crippen LogP contribution in [0, 0.1) is 0 Å². The van der Waals surface area contributed by atoms with Gasteiger partial charge in [-0.1, -0.05) is 12.8 Å². The summed E-state index contributed by atoms with van der Waals surface area (Å²) in [7, 11) is 1.56. The van der Waals surface area contributed by atoms with Gasteiger partial charge in [-0.3, -0.25) is 4.79 Å². The van der Waals surface area contributed by atoms with Crippen LogP contribution in [0.3, 0.4) is 0 Å². The zero-order valence-electron chi connectivity index (χ0n) is 13.7. The molecule has 0 saturated heterocycles. The van der Waals surface area contributed by atoms with Gasteiger partial charge >= 0.3 is 5.97 Å². The molecule has 25 heavy (non-hydrogen) atoms. The van der Waals surface area contributed by atoms with Crippen LogP contribution >= 0.6 is 0 Å². The minimum absolute atomic E-state index is 0.0754. The Morgan fingerprint density at radius 3 is 2.72 bits per heavy atom. The third-order valence-electron chi connectivity index (χ3n) is 4.77. The van der Waals surface area contributed by atoms with E-state index >= 15 is 0 Å². The van der Waals surface area contributed by atoms with Gasteiger partial charge in [0, 0.05) is 18.7 Å². The highest BCUT2D eigenvalue weighted by molar-refractivity contribution is 5.98. The van der Waals surface area contributed by atoms with Crippen LogP contribution in [0.25, 0.3) is 22.2 Å². The van der Waals surface area contributed by atoms with Crippen molar-refractivity contribution in [1.29, 1.82) is 0 Å². The van der Waals surface area contributed by atoms with Crippen LogP contribution < -0.4 is 10.7 Å². The summed E-state index contributed by atoms with van der Waals surface area (Å²) in [5.74, 6) is -0.636. The van der Waals surface area contributed by atoms with Crippen molar-refractivity contribution >= 4 is 34.0 Å². The number of hydrogen-bond acceptors (Lipinski definition) is 6. The van der Waals surface area contributed by atoms with Gasteiger partial charge in [-0.15, -0.1) is 0 Å². The van der Waals surface area contributed by atoms with E-state index in [-0.39, 0.29) is 33.4 Å². The average Bonchev–Trinajstić information content (AvgIpc) is 3.15. The molecule has 0 radical (unpaired) electrons. The van der Waals surface area contributed by atoms with Crippen LogP contribution in [-0.2, 0) is 0 Å². The Morgan fingerprint density at radius 1 is 1.28 bits per heavy atom. The molecule has 3 aromatic rings. The second-order valence-corrected chi connectivity index (χ2v) is 6.29. The summed E-state index contributed by atoms with van der Waals surface area (Å²) in [4.78, 5) is 32.9. The molecule has 0 spiro atoms. The number of pyridine rings is 2. The number of rotatable bonds is 3. The molecule has 1 aliphatic carbocycles. The first-order chi connectivity index (χ1) is 12.1. The summed E-state index contributed by atoms with van der Waals surface area (Å²) >= 11 is 0. The number of nitrogens with zero attached hydrogens (tertiary/aromatic N) is 2. The number of hydrogen-bond donors (Lipinski definition) is 2. The summed E-state index contributed by atoms with van der Waals surface area (Å²) in [6, 6.07) is 4.95. The highest BCUT2D eigenvalue weighted by Crippen LogP contribution is 2.33. The van der Waals surface area contributed by atoms with Gasteiger partial charge in [0.15, 0.2) is 11.1 Å². The van der Waals surface area contributed by atoms with E-state index in [0.717, 1.165) is 18.5 Å². The molecule has 0 bridgehead atoms. The monoisotopic (exact) mass is 339 g/mol.